The van der Waals surface area contributed by atoms with Gasteiger partial charge in [-0.05, 0) is 52.9 Å². The molecule has 0 amide bonds. The molecule has 3 N–H and O–H groups in total. The largest absolute Gasteiger partial charge is 0.457 e. The number of hydrogen-bond acceptors (Lipinski definition) is 4. The van der Waals surface area contributed by atoms with Crippen molar-refractivity contribution >= 4 is 15.9 Å². The molecule has 0 spiro atoms. The Kier molecular flexibility index (Phi) is 3.68. The summed E-state index contributed by atoms with van der Waals surface area (Å²) in [6.45, 7) is 0. The highest BCUT2D eigenvalue weighted by atomic mass is 79.9. The molecule has 1 aliphatic carbocycles. The van der Waals surface area contributed by atoms with Gasteiger partial charge in [0.25, 0.3) is 0 Å². The number of nitrogens with one attached hydrogen (secondary N) is 1. The van der Waals surface area contributed by atoms with E-state index in [1.165, 1.54) is 5.56 Å². The summed E-state index contributed by atoms with van der Waals surface area (Å²) in [5, 5.41) is 0. The van der Waals surface area contributed by atoms with Crippen molar-refractivity contribution in [2.24, 2.45) is 5.84 Å². The number of halogens is 1. The van der Waals surface area contributed by atoms with Crippen molar-refractivity contribution in [3.05, 3.63) is 52.1 Å². The van der Waals surface area contributed by atoms with Crippen LogP contribution in [0, 0.1) is 0 Å². The molecule has 0 fully saturated rings. The van der Waals surface area contributed by atoms with Crippen molar-refractivity contribution in [3.8, 4) is 0 Å². The number of nitrogens with two attached hydrogens (primary N) is 1. The van der Waals surface area contributed by atoms with Gasteiger partial charge >= 0.3 is 0 Å². The van der Waals surface area contributed by atoms with E-state index in [0.29, 0.717) is 0 Å². The molecule has 3 rings (SSSR count). The van der Waals surface area contributed by atoms with Crippen LogP contribution in [0.2, 0.25) is 0 Å². The van der Waals surface area contributed by atoms with Gasteiger partial charge in [-0.1, -0.05) is 6.07 Å². The van der Waals surface area contributed by atoms with Gasteiger partial charge in [-0.25, -0.2) is 0 Å². The highest BCUT2D eigenvalue weighted by Crippen LogP contribution is 2.40. The topological polar surface area (TPSA) is 64.1 Å². The van der Waals surface area contributed by atoms with Crippen LogP contribution in [0.4, 0.5) is 0 Å². The molecule has 100 valence electrons. The quantitative estimate of drug-likeness (QED) is 0.673. The summed E-state index contributed by atoms with van der Waals surface area (Å²) >= 11 is 3.43. The molecular weight excluding hydrogens is 306 g/mol. The Morgan fingerprint density at radius 3 is 3.11 bits per heavy atom. The summed E-state index contributed by atoms with van der Waals surface area (Å²) in [7, 11) is 0. The molecule has 0 saturated carbocycles. The number of aryl methyl sites for hydroxylation is 1. The van der Waals surface area contributed by atoms with Crippen LogP contribution in [0.15, 0.2) is 39.7 Å². The van der Waals surface area contributed by atoms with Gasteiger partial charge in [0.1, 0.15) is 0 Å². The Labute approximate surface area is 120 Å². The van der Waals surface area contributed by atoms with Crippen molar-refractivity contribution in [1.82, 2.24) is 10.4 Å². The van der Waals surface area contributed by atoms with E-state index in [0.717, 1.165) is 35.2 Å². The maximum Gasteiger partial charge on any atom is 0.173 e. The molecule has 2 aromatic heterocycles. The molecule has 2 aromatic rings. The molecule has 5 heteroatoms. The molecule has 4 nitrogen and oxygen atoms in total. The standard InChI is InChI=1S/C14H16BrN3O/c15-14-11(6-8-19-14)13(18-16)10-5-1-3-9-4-2-7-17-12(9)10/h2,4,6-8,10,13,18H,1,3,5,16H2. The third-order valence-corrected chi connectivity index (χ3v) is 4.45. The predicted molar refractivity (Wildman–Crippen MR) is 76.4 cm³/mol. The zero-order chi connectivity index (χ0) is 13.2. The number of hydrogen-bond donors (Lipinski definition) is 2. The number of furan rings is 1. The van der Waals surface area contributed by atoms with Crippen molar-refractivity contribution in [2.45, 2.75) is 31.2 Å². The van der Waals surface area contributed by atoms with Gasteiger partial charge in [0, 0.05) is 23.4 Å². The van der Waals surface area contributed by atoms with Crippen molar-refractivity contribution in [2.75, 3.05) is 0 Å². The van der Waals surface area contributed by atoms with Gasteiger partial charge in [-0.2, -0.15) is 0 Å². The summed E-state index contributed by atoms with van der Waals surface area (Å²) in [5.74, 6) is 6.06. The van der Waals surface area contributed by atoms with Crippen LogP contribution in [0.3, 0.4) is 0 Å². The van der Waals surface area contributed by atoms with Crippen LogP contribution >= 0.6 is 15.9 Å². The normalized spacial score (nSPS) is 20.0. The Morgan fingerprint density at radius 1 is 1.47 bits per heavy atom. The molecule has 0 bridgehead atoms. The van der Waals surface area contributed by atoms with Gasteiger partial charge < -0.3 is 4.42 Å². The average Bonchev–Trinajstić information content (AvgIpc) is 2.86. The second kappa shape index (κ2) is 5.45. The maximum absolute atomic E-state index is 5.78. The second-order valence-corrected chi connectivity index (χ2v) is 5.56. The van der Waals surface area contributed by atoms with Crippen LogP contribution < -0.4 is 11.3 Å². The first-order chi connectivity index (χ1) is 9.31. The van der Waals surface area contributed by atoms with Gasteiger partial charge in [-0.15, -0.1) is 0 Å². The minimum atomic E-state index is 0.0158. The highest BCUT2D eigenvalue weighted by molar-refractivity contribution is 9.10. The minimum absolute atomic E-state index is 0.0158. The molecule has 0 radical (unpaired) electrons. The smallest absolute Gasteiger partial charge is 0.173 e. The zero-order valence-corrected chi connectivity index (χ0v) is 12.1. The molecular formula is C14H16BrN3O. The van der Waals surface area contributed by atoms with E-state index in [2.05, 4.69) is 32.4 Å². The van der Waals surface area contributed by atoms with Crippen molar-refractivity contribution in [3.63, 3.8) is 0 Å². The van der Waals surface area contributed by atoms with Crippen LogP contribution in [0.1, 0.15) is 41.6 Å². The lowest BCUT2D eigenvalue weighted by Crippen LogP contribution is -2.34. The lowest BCUT2D eigenvalue weighted by atomic mass is 9.80. The SMILES string of the molecule is NNC(c1ccoc1Br)C1CCCc2cccnc21. The summed E-state index contributed by atoms with van der Waals surface area (Å²) in [4.78, 5) is 4.57. The molecule has 0 aromatic carbocycles. The van der Waals surface area contributed by atoms with Gasteiger partial charge in [0.2, 0.25) is 0 Å². The van der Waals surface area contributed by atoms with E-state index < -0.39 is 0 Å². The van der Waals surface area contributed by atoms with Gasteiger partial charge in [-0.3, -0.25) is 16.3 Å². The van der Waals surface area contributed by atoms with E-state index in [1.807, 2.05) is 18.3 Å². The van der Waals surface area contributed by atoms with E-state index in [1.54, 1.807) is 6.26 Å². The van der Waals surface area contributed by atoms with Crippen LogP contribution in [-0.2, 0) is 6.42 Å². The number of aromatic nitrogens is 1. The van der Waals surface area contributed by atoms with Gasteiger partial charge in [0.05, 0.1) is 12.3 Å². The summed E-state index contributed by atoms with van der Waals surface area (Å²) in [6, 6.07) is 6.13. The highest BCUT2D eigenvalue weighted by Gasteiger charge is 2.31. The molecule has 19 heavy (non-hydrogen) atoms. The average molecular weight is 322 g/mol. The fourth-order valence-corrected chi connectivity index (χ4v) is 3.41. The number of fused-ring (bicyclic) bond motifs is 1. The Morgan fingerprint density at radius 2 is 2.37 bits per heavy atom. The minimum Gasteiger partial charge on any atom is -0.457 e. The first-order valence-electron chi connectivity index (χ1n) is 6.44. The molecule has 2 atom stereocenters. The second-order valence-electron chi connectivity index (χ2n) is 4.84. The fourth-order valence-electron chi connectivity index (χ4n) is 2.92. The summed E-state index contributed by atoms with van der Waals surface area (Å²) < 4.78 is 6.06. The molecule has 2 unspecified atom stereocenters. The lowest BCUT2D eigenvalue weighted by molar-refractivity contribution is 0.393. The maximum atomic E-state index is 5.78. The first kappa shape index (κ1) is 12.8. The molecule has 0 saturated heterocycles. The summed E-state index contributed by atoms with van der Waals surface area (Å²) in [5.41, 5.74) is 6.46. The Balaban J connectivity index is 2.00. The monoisotopic (exact) mass is 321 g/mol. The number of pyridine rings is 1. The van der Waals surface area contributed by atoms with E-state index in [-0.39, 0.29) is 12.0 Å². The number of rotatable bonds is 3. The predicted octanol–water partition coefficient (Wildman–Crippen LogP) is 3.06. The molecule has 2 heterocycles. The Bertz CT molecular complexity index is 569. The molecule has 0 aliphatic heterocycles. The molecule has 1 aliphatic rings. The summed E-state index contributed by atoms with van der Waals surface area (Å²) in [6.07, 6.45) is 6.87. The Hall–Kier alpha value is -1.17. The van der Waals surface area contributed by atoms with E-state index in [4.69, 9.17) is 10.3 Å². The van der Waals surface area contributed by atoms with Gasteiger partial charge in [0.15, 0.2) is 4.67 Å². The van der Waals surface area contributed by atoms with Crippen LogP contribution in [0.5, 0.6) is 0 Å². The zero-order valence-electron chi connectivity index (χ0n) is 10.5. The fraction of sp³-hybridized carbons (Fsp3) is 0.357. The lowest BCUT2D eigenvalue weighted by Gasteiger charge is -2.30. The third kappa shape index (κ3) is 2.33. The number of hydrazine groups is 1. The first-order valence-corrected chi connectivity index (χ1v) is 7.23. The number of nitrogens with zero attached hydrogens (tertiary/aromatic N) is 1. The van der Waals surface area contributed by atoms with Crippen molar-refractivity contribution < 1.29 is 4.42 Å². The van der Waals surface area contributed by atoms with Crippen LogP contribution in [-0.4, -0.2) is 4.98 Å². The third-order valence-electron chi connectivity index (χ3n) is 3.80. The van der Waals surface area contributed by atoms with E-state index >= 15 is 0 Å². The van der Waals surface area contributed by atoms with E-state index in [9.17, 15) is 0 Å². The van der Waals surface area contributed by atoms with Crippen LogP contribution in [0.25, 0.3) is 0 Å². The van der Waals surface area contributed by atoms with Crippen molar-refractivity contribution in [1.29, 1.82) is 0 Å².